The third-order valence-electron chi connectivity index (χ3n) is 4.18. The number of esters is 1. The van der Waals surface area contributed by atoms with Crippen LogP contribution in [0.25, 0.3) is 10.9 Å². The van der Waals surface area contributed by atoms with E-state index in [0.29, 0.717) is 17.4 Å². The number of amides is 1. The Hall–Kier alpha value is -2.92. The number of pyridine rings is 1. The number of halogens is 1. The summed E-state index contributed by atoms with van der Waals surface area (Å²) in [6.07, 6.45) is -0.920. The minimum Gasteiger partial charge on any atom is -0.449 e. The summed E-state index contributed by atoms with van der Waals surface area (Å²) in [5, 5.41) is 0.824. The van der Waals surface area contributed by atoms with Crippen LogP contribution in [0.2, 0.25) is 5.15 Å². The number of aromatic nitrogens is 1. The highest BCUT2D eigenvalue weighted by Crippen LogP contribution is 2.22. The van der Waals surface area contributed by atoms with E-state index < -0.39 is 12.1 Å². The van der Waals surface area contributed by atoms with Gasteiger partial charge in [-0.25, -0.2) is 9.78 Å². The van der Waals surface area contributed by atoms with Crippen LogP contribution in [0.4, 0.5) is 0 Å². The van der Waals surface area contributed by atoms with Crippen LogP contribution >= 0.6 is 11.6 Å². The predicted molar refractivity (Wildman–Crippen MR) is 105 cm³/mol. The number of likely N-dealkylation sites (N-methyl/N-ethyl adjacent to an activating group) is 1. The molecule has 0 spiro atoms. The highest BCUT2D eigenvalue weighted by atomic mass is 35.5. The second kappa shape index (κ2) is 8.18. The van der Waals surface area contributed by atoms with Gasteiger partial charge in [0.15, 0.2) is 6.10 Å². The molecule has 2 aromatic carbocycles. The number of benzene rings is 2. The lowest BCUT2D eigenvalue weighted by atomic mass is 10.1. The van der Waals surface area contributed by atoms with Gasteiger partial charge in [-0.2, -0.15) is 0 Å². The molecule has 0 N–H and O–H groups in total. The van der Waals surface area contributed by atoms with Crippen LogP contribution in [-0.2, 0) is 16.1 Å². The van der Waals surface area contributed by atoms with Crippen molar-refractivity contribution in [2.75, 3.05) is 7.05 Å². The number of ether oxygens (including phenoxy) is 1. The monoisotopic (exact) mass is 382 g/mol. The molecular formula is C21H19ClN2O3. The van der Waals surface area contributed by atoms with E-state index in [0.717, 1.165) is 5.56 Å². The minimum atomic E-state index is -0.920. The number of nitrogens with zero attached hydrogens (tertiary/aromatic N) is 2. The van der Waals surface area contributed by atoms with Gasteiger partial charge in [-0.3, -0.25) is 4.79 Å². The molecule has 6 heteroatoms. The van der Waals surface area contributed by atoms with Gasteiger partial charge in [0.05, 0.1) is 11.1 Å². The quantitative estimate of drug-likeness (QED) is 0.492. The summed E-state index contributed by atoms with van der Waals surface area (Å²) < 4.78 is 5.40. The summed E-state index contributed by atoms with van der Waals surface area (Å²) in [4.78, 5) is 30.9. The lowest BCUT2D eigenvalue weighted by Crippen LogP contribution is -2.37. The fourth-order valence-electron chi connectivity index (χ4n) is 2.83. The summed E-state index contributed by atoms with van der Waals surface area (Å²) in [6.45, 7) is 2.00. The van der Waals surface area contributed by atoms with Gasteiger partial charge in [-0.15, -0.1) is 0 Å². The Morgan fingerprint density at radius 2 is 1.78 bits per heavy atom. The molecule has 1 heterocycles. The van der Waals surface area contributed by atoms with Crippen molar-refractivity contribution < 1.29 is 14.3 Å². The molecule has 0 fully saturated rings. The Morgan fingerprint density at radius 1 is 1.11 bits per heavy atom. The van der Waals surface area contributed by atoms with Gasteiger partial charge < -0.3 is 9.64 Å². The molecule has 0 saturated heterocycles. The van der Waals surface area contributed by atoms with Gasteiger partial charge in [0.25, 0.3) is 5.91 Å². The van der Waals surface area contributed by atoms with Gasteiger partial charge in [0.1, 0.15) is 5.15 Å². The average molecular weight is 383 g/mol. The number of carbonyl (C=O) groups excluding carboxylic acids is 2. The number of fused-ring (bicyclic) bond motifs is 1. The molecule has 5 nitrogen and oxygen atoms in total. The molecule has 1 aromatic heterocycles. The van der Waals surface area contributed by atoms with Gasteiger partial charge in [0.2, 0.25) is 0 Å². The third kappa shape index (κ3) is 4.44. The van der Waals surface area contributed by atoms with E-state index in [1.165, 1.54) is 11.0 Å². The smallest absolute Gasteiger partial charge is 0.339 e. The number of rotatable bonds is 5. The standard InChI is InChI=1S/C21H19ClN2O3/c1-14(20(25)24(2)13-15-8-4-3-5-9-15)27-21(26)17-12-19(22)23-18-11-7-6-10-16(17)18/h3-12,14H,13H2,1-2H3/t14-/m0/s1. The number of carbonyl (C=O) groups is 2. The molecule has 0 aliphatic heterocycles. The largest absolute Gasteiger partial charge is 0.449 e. The normalized spacial score (nSPS) is 11.8. The van der Waals surface area contributed by atoms with Crippen LogP contribution < -0.4 is 0 Å². The first-order valence-corrected chi connectivity index (χ1v) is 8.88. The van der Waals surface area contributed by atoms with Crippen LogP contribution in [0.15, 0.2) is 60.7 Å². The first kappa shape index (κ1) is 18.9. The molecule has 3 rings (SSSR count). The molecule has 0 saturated carbocycles. The Kier molecular flexibility index (Phi) is 5.72. The molecule has 27 heavy (non-hydrogen) atoms. The van der Waals surface area contributed by atoms with E-state index in [1.54, 1.807) is 32.2 Å². The van der Waals surface area contributed by atoms with Gasteiger partial charge >= 0.3 is 5.97 Å². The zero-order valence-electron chi connectivity index (χ0n) is 15.1. The Morgan fingerprint density at radius 3 is 2.52 bits per heavy atom. The maximum absolute atomic E-state index is 12.6. The molecule has 0 bridgehead atoms. The first-order chi connectivity index (χ1) is 13.0. The lowest BCUT2D eigenvalue weighted by Gasteiger charge is -2.21. The Labute approximate surface area is 162 Å². The van der Waals surface area contributed by atoms with Crippen molar-refractivity contribution in [1.82, 2.24) is 9.88 Å². The summed E-state index contributed by atoms with van der Waals surface area (Å²) in [7, 11) is 1.68. The van der Waals surface area contributed by atoms with E-state index in [1.807, 2.05) is 36.4 Å². The Balaban J connectivity index is 1.73. The number of hydrogen-bond acceptors (Lipinski definition) is 4. The number of para-hydroxylation sites is 1. The fourth-order valence-corrected chi connectivity index (χ4v) is 3.03. The van der Waals surface area contributed by atoms with E-state index in [9.17, 15) is 9.59 Å². The predicted octanol–water partition coefficient (Wildman–Crippen LogP) is 4.09. The first-order valence-electron chi connectivity index (χ1n) is 8.51. The van der Waals surface area contributed by atoms with Crippen molar-refractivity contribution >= 4 is 34.4 Å². The summed E-state index contributed by atoms with van der Waals surface area (Å²) in [5.74, 6) is -0.888. The van der Waals surface area contributed by atoms with E-state index in [-0.39, 0.29) is 16.6 Å². The van der Waals surface area contributed by atoms with Crippen LogP contribution in [0.5, 0.6) is 0 Å². The Bertz CT molecular complexity index is 976. The van der Waals surface area contributed by atoms with Crippen molar-refractivity contribution in [3.8, 4) is 0 Å². The van der Waals surface area contributed by atoms with E-state index in [2.05, 4.69) is 4.98 Å². The molecule has 3 aromatic rings. The van der Waals surface area contributed by atoms with E-state index >= 15 is 0 Å². The van der Waals surface area contributed by atoms with Gasteiger partial charge in [-0.1, -0.05) is 60.1 Å². The highest BCUT2D eigenvalue weighted by molar-refractivity contribution is 6.30. The second-order valence-electron chi connectivity index (χ2n) is 6.24. The summed E-state index contributed by atoms with van der Waals surface area (Å²) in [6, 6.07) is 18.2. The van der Waals surface area contributed by atoms with Crippen molar-refractivity contribution in [3.05, 3.63) is 76.9 Å². The van der Waals surface area contributed by atoms with Crippen LogP contribution in [0.3, 0.4) is 0 Å². The summed E-state index contributed by atoms with van der Waals surface area (Å²) >= 11 is 6.01. The van der Waals surface area contributed by atoms with Gasteiger partial charge in [0, 0.05) is 19.0 Å². The molecule has 0 unspecified atom stereocenters. The molecule has 1 amide bonds. The SMILES string of the molecule is C[C@H](OC(=O)c1cc(Cl)nc2ccccc12)C(=O)N(C)Cc1ccccc1. The molecule has 138 valence electrons. The van der Waals surface area contributed by atoms with E-state index in [4.69, 9.17) is 16.3 Å². The van der Waals surface area contributed by atoms with Crippen molar-refractivity contribution in [3.63, 3.8) is 0 Å². The maximum atomic E-state index is 12.6. The number of hydrogen-bond donors (Lipinski definition) is 0. The second-order valence-corrected chi connectivity index (χ2v) is 6.62. The topological polar surface area (TPSA) is 59.5 Å². The zero-order valence-corrected chi connectivity index (χ0v) is 15.8. The average Bonchev–Trinajstić information content (AvgIpc) is 2.67. The van der Waals surface area contributed by atoms with Crippen LogP contribution in [-0.4, -0.2) is 34.9 Å². The van der Waals surface area contributed by atoms with Crippen molar-refractivity contribution in [2.24, 2.45) is 0 Å². The molecular weight excluding hydrogens is 364 g/mol. The maximum Gasteiger partial charge on any atom is 0.339 e. The molecule has 0 radical (unpaired) electrons. The molecule has 0 aliphatic rings. The van der Waals surface area contributed by atoms with Crippen LogP contribution in [0.1, 0.15) is 22.8 Å². The van der Waals surface area contributed by atoms with Crippen molar-refractivity contribution in [2.45, 2.75) is 19.6 Å². The zero-order chi connectivity index (χ0) is 19.4. The lowest BCUT2D eigenvalue weighted by molar-refractivity contribution is -0.139. The van der Waals surface area contributed by atoms with Crippen molar-refractivity contribution in [1.29, 1.82) is 0 Å². The fraction of sp³-hybridized carbons (Fsp3) is 0.190. The molecule has 1 atom stereocenters. The third-order valence-corrected chi connectivity index (χ3v) is 4.37. The minimum absolute atomic E-state index is 0.195. The van der Waals surface area contributed by atoms with Gasteiger partial charge in [-0.05, 0) is 24.6 Å². The summed E-state index contributed by atoms with van der Waals surface area (Å²) in [5.41, 5.74) is 1.88. The molecule has 0 aliphatic carbocycles. The van der Waals surface area contributed by atoms with Crippen LogP contribution in [0, 0.1) is 0 Å². The highest BCUT2D eigenvalue weighted by Gasteiger charge is 2.23.